The average Bonchev–Trinajstić information content (AvgIpc) is 2.95. The number of benzene rings is 1. The molecular formula is C18H19N3O2S. The maximum atomic E-state index is 12.5. The van der Waals surface area contributed by atoms with E-state index in [0.29, 0.717) is 29.5 Å². The molecule has 0 radical (unpaired) electrons. The number of aromatic nitrogens is 1. The number of rotatable bonds is 2. The van der Waals surface area contributed by atoms with Crippen LogP contribution in [0.25, 0.3) is 0 Å². The molecule has 0 saturated heterocycles. The van der Waals surface area contributed by atoms with E-state index in [1.165, 1.54) is 11.3 Å². The van der Waals surface area contributed by atoms with Gasteiger partial charge in [-0.15, -0.1) is 11.3 Å². The molecule has 1 unspecified atom stereocenters. The van der Waals surface area contributed by atoms with Crippen LogP contribution in [0.1, 0.15) is 46.3 Å². The maximum Gasteiger partial charge on any atom is 0.257 e. The lowest BCUT2D eigenvalue weighted by Crippen LogP contribution is -2.20. The molecule has 4 rings (SSSR count). The molecule has 2 amide bonds. The molecule has 0 spiro atoms. The summed E-state index contributed by atoms with van der Waals surface area (Å²) in [6.07, 6.45) is 4.37. The zero-order valence-corrected chi connectivity index (χ0v) is 14.3. The van der Waals surface area contributed by atoms with Crippen molar-refractivity contribution in [1.82, 2.24) is 4.98 Å². The fourth-order valence-corrected chi connectivity index (χ4v) is 4.45. The number of nitrogens with zero attached hydrogens (tertiary/aromatic N) is 1. The van der Waals surface area contributed by atoms with Gasteiger partial charge in [-0.3, -0.25) is 14.9 Å². The summed E-state index contributed by atoms with van der Waals surface area (Å²) in [4.78, 5) is 29.8. The Morgan fingerprint density at radius 2 is 2.21 bits per heavy atom. The van der Waals surface area contributed by atoms with Gasteiger partial charge in [0.2, 0.25) is 5.91 Å². The quantitative estimate of drug-likeness (QED) is 0.879. The highest BCUT2D eigenvalue weighted by atomic mass is 32.1. The van der Waals surface area contributed by atoms with Crippen LogP contribution in [0.2, 0.25) is 0 Å². The van der Waals surface area contributed by atoms with Crippen molar-refractivity contribution in [3.8, 4) is 0 Å². The van der Waals surface area contributed by atoms with E-state index in [1.807, 2.05) is 6.07 Å². The van der Waals surface area contributed by atoms with Crippen LogP contribution in [0, 0.1) is 5.92 Å². The second-order valence-electron chi connectivity index (χ2n) is 6.61. The minimum Gasteiger partial charge on any atom is -0.326 e. The Kier molecular flexibility index (Phi) is 3.84. The van der Waals surface area contributed by atoms with E-state index in [0.717, 1.165) is 29.8 Å². The number of nitrogens with one attached hydrogen (secondary N) is 2. The lowest BCUT2D eigenvalue weighted by Gasteiger charge is -2.17. The van der Waals surface area contributed by atoms with Gasteiger partial charge in [0.25, 0.3) is 5.91 Å². The first-order valence-corrected chi connectivity index (χ1v) is 9.13. The van der Waals surface area contributed by atoms with Gasteiger partial charge in [-0.1, -0.05) is 6.92 Å². The summed E-state index contributed by atoms with van der Waals surface area (Å²) in [7, 11) is 0. The van der Waals surface area contributed by atoms with Gasteiger partial charge < -0.3 is 5.32 Å². The van der Waals surface area contributed by atoms with Gasteiger partial charge in [-0.2, -0.15) is 0 Å². The number of fused-ring (bicyclic) bond motifs is 2. The topological polar surface area (TPSA) is 71.1 Å². The summed E-state index contributed by atoms with van der Waals surface area (Å²) in [5, 5.41) is 6.44. The lowest BCUT2D eigenvalue weighted by molar-refractivity contribution is -0.116. The van der Waals surface area contributed by atoms with Crippen LogP contribution in [0.3, 0.4) is 0 Å². The molecule has 1 aliphatic heterocycles. The van der Waals surface area contributed by atoms with Crippen LogP contribution in [-0.4, -0.2) is 16.8 Å². The van der Waals surface area contributed by atoms with E-state index < -0.39 is 0 Å². The number of carbonyl (C=O) groups is 2. The molecule has 1 atom stereocenters. The number of anilines is 2. The van der Waals surface area contributed by atoms with Crippen molar-refractivity contribution in [1.29, 1.82) is 0 Å². The zero-order valence-electron chi connectivity index (χ0n) is 13.5. The van der Waals surface area contributed by atoms with E-state index in [-0.39, 0.29) is 11.8 Å². The summed E-state index contributed by atoms with van der Waals surface area (Å²) in [5.74, 6) is 0.577. The Hall–Kier alpha value is -2.21. The average molecular weight is 341 g/mol. The maximum absolute atomic E-state index is 12.5. The van der Waals surface area contributed by atoms with Crippen molar-refractivity contribution in [2.45, 2.75) is 39.0 Å². The minimum absolute atomic E-state index is 0.0299. The summed E-state index contributed by atoms with van der Waals surface area (Å²) in [6.45, 7) is 2.26. The van der Waals surface area contributed by atoms with Crippen molar-refractivity contribution in [2.24, 2.45) is 5.92 Å². The van der Waals surface area contributed by atoms with Crippen LogP contribution in [0.4, 0.5) is 10.8 Å². The third-order valence-electron chi connectivity index (χ3n) is 4.67. The molecule has 2 N–H and O–H groups in total. The van der Waals surface area contributed by atoms with E-state index in [4.69, 9.17) is 0 Å². The summed E-state index contributed by atoms with van der Waals surface area (Å²) in [5.41, 5.74) is 3.56. The number of carbonyl (C=O) groups excluding carboxylic acids is 2. The number of hydrogen-bond donors (Lipinski definition) is 2. The summed E-state index contributed by atoms with van der Waals surface area (Å²) >= 11 is 1.59. The molecule has 2 heterocycles. The van der Waals surface area contributed by atoms with Gasteiger partial charge in [0.15, 0.2) is 5.13 Å². The largest absolute Gasteiger partial charge is 0.326 e. The minimum atomic E-state index is -0.145. The Bertz CT molecular complexity index is 828. The molecular weight excluding hydrogens is 322 g/mol. The molecule has 0 bridgehead atoms. The SMILES string of the molecule is CC1CCc2nc(NC(=O)c3ccc4c(c3)CCC(=O)N4)sc2C1. The molecule has 5 nitrogen and oxygen atoms in total. The number of amides is 2. The van der Waals surface area contributed by atoms with Crippen molar-refractivity contribution >= 4 is 34.0 Å². The Labute approximate surface area is 144 Å². The van der Waals surface area contributed by atoms with Crippen molar-refractivity contribution in [2.75, 3.05) is 10.6 Å². The van der Waals surface area contributed by atoms with E-state index >= 15 is 0 Å². The van der Waals surface area contributed by atoms with Gasteiger partial charge in [0, 0.05) is 22.5 Å². The monoisotopic (exact) mass is 341 g/mol. The number of aryl methyl sites for hydroxylation is 2. The predicted molar refractivity (Wildman–Crippen MR) is 94.6 cm³/mol. The Morgan fingerprint density at radius 3 is 3.08 bits per heavy atom. The van der Waals surface area contributed by atoms with E-state index in [9.17, 15) is 9.59 Å². The van der Waals surface area contributed by atoms with Crippen LogP contribution in [0.15, 0.2) is 18.2 Å². The van der Waals surface area contributed by atoms with Gasteiger partial charge in [0.1, 0.15) is 0 Å². The molecule has 0 saturated carbocycles. The first-order valence-electron chi connectivity index (χ1n) is 8.31. The van der Waals surface area contributed by atoms with Crippen LogP contribution >= 0.6 is 11.3 Å². The number of thiazole rings is 1. The zero-order chi connectivity index (χ0) is 16.7. The molecule has 2 aromatic rings. The molecule has 1 aromatic heterocycles. The van der Waals surface area contributed by atoms with Crippen molar-refractivity contribution in [3.05, 3.63) is 39.9 Å². The molecule has 124 valence electrons. The van der Waals surface area contributed by atoms with Gasteiger partial charge in [0.05, 0.1) is 5.69 Å². The smallest absolute Gasteiger partial charge is 0.257 e. The normalized spacial score (nSPS) is 19.2. The molecule has 1 aromatic carbocycles. The second-order valence-corrected chi connectivity index (χ2v) is 7.69. The van der Waals surface area contributed by atoms with Crippen LogP contribution < -0.4 is 10.6 Å². The van der Waals surface area contributed by atoms with Gasteiger partial charge in [-0.25, -0.2) is 4.98 Å². The first kappa shape index (κ1) is 15.3. The molecule has 2 aliphatic rings. The fourth-order valence-electron chi connectivity index (χ4n) is 3.29. The van der Waals surface area contributed by atoms with Crippen molar-refractivity contribution < 1.29 is 9.59 Å². The standard InChI is InChI=1S/C18H19N3O2S/c1-10-2-5-14-15(8-10)24-18(20-14)21-17(23)12-3-6-13-11(9-12)4-7-16(22)19-13/h3,6,9-10H,2,4-5,7-8H2,1H3,(H,19,22)(H,20,21,23). The third-order valence-corrected chi connectivity index (χ3v) is 5.70. The van der Waals surface area contributed by atoms with Gasteiger partial charge >= 0.3 is 0 Å². The van der Waals surface area contributed by atoms with Crippen LogP contribution in [0.5, 0.6) is 0 Å². The first-order chi connectivity index (χ1) is 11.6. The Morgan fingerprint density at radius 1 is 1.33 bits per heavy atom. The molecule has 6 heteroatoms. The highest BCUT2D eigenvalue weighted by Gasteiger charge is 2.21. The lowest BCUT2D eigenvalue weighted by atomic mass is 9.93. The molecule has 0 fully saturated rings. The summed E-state index contributed by atoms with van der Waals surface area (Å²) in [6, 6.07) is 5.41. The fraction of sp³-hybridized carbons (Fsp3) is 0.389. The Balaban J connectivity index is 1.51. The highest BCUT2D eigenvalue weighted by Crippen LogP contribution is 2.32. The molecule has 24 heavy (non-hydrogen) atoms. The third kappa shape index (κ3) is 2.94. The van der Waals surface area contributed by atoms with Crippen LogP contribution in [-0.2, 0) is 24.1 Å². The summed E-state index contributed by atoms with van der Waals surface area (Å²) < 4.78 is 0. The van der Waals surface area contributed by atoms with E-state index in [2.05, 4.69) is 22.5 Å². The molecule has 1 aliphatic carbocycles. The highest BCUT2D eigenvalue weighted by molar-refractivity contribution is 7.15. The van der Waals surface area contributed by atoms with Crippen molar-refractivity contribution in [3.63, 3.8) is 0 Å². The van der Waals surface area contributed by atoms with E-state index in [1.54, 1.807) is 23.5 Å². The van der Waals surface area contributed by atoms with Gasteiger partial charge in [-0.05, 0) is 55.4 Å². The second kappa shape index (κ2) is 6.02. The number of hydrogen-bond acceptors (Lipinski definition) is 4. The predicted octanol–water partition coefficient (Wildman–Crippen LogP) is 3.40.